The largest absolute Gasteiger partial charge is 0.207 e. The summed E-state index contributed by atoms with van der Waals surface area (Å²) in [6.07, 6.45) is 0. The molecule has 106 valence electrons. The number of benzene rings is 2. The van der Waals surface area contributed by atoms with Crippen LogP contribution in [0.1, 0.15) is 5.56 Å². The summed E-state index contributed by atoms with van der Waals surface area (Å²) in [5.41, 5.74) is 0.921. The Morgan fingerprint density at radius 2 is 1.81 bits per heavy atom. The van der Waals surface area contributed by atoms with Crippen molar-refractivity contribution in [2.75, 3.05) is 0 Å². The number of rotatable bonds is 3. The van der Waals surface area contributed by atoms with Gasteiger partial charge in [0, 0.05) is 16.1 Å². The minimum atomic E-state index is -0.428. The van der Waals surface area contributed by atoms with E-state index in [9.17, 15) is 8.78 Å². The second-order valence-electron chi connectivity index (χ2n) is 4.35. The summed E-state index contributed by atoms with van der Waals surface area (Å²) in [5.74, 6) is -0.435. The van der Waals surface area contributed by atoms with Gasteiger partial charge in [0.25, 0.3) is 0 Å². The normalized spacial score (nSPS) is 10.8. The first-order chi connectivity index (χ1) is 10.1. The Kier molecular flexibility index (Phi) is 3.62. The lowest BCUT2D eigenvalue weighted by Crippen LogP contribution is -2.06. The summed E-state index contributed by atoms with van der Waals surface area (Å²) in [5, 5.41) is 12.2. The standard InChI is InChI=1S/C14H9ClF2N4/c15-12-2-1-3-13(17)11(12)8-21-19-14(18-20-21)9-4-6-10(16)7-5-9/h1-7H,8H2. The quantitative estimate of drug-likeness (QED) is 0.745. The molecule has 4 nitrogen and oxygen atoms in total. The highest BCUT2D eigenvalue weighted by Crippen LogP contribution is 2.20. The van der Waals surface area contributed by atoms with Gasteiger partial charge in [0.05, 0.1) is 6.54 Å². The predicted octanol–water partition coefficient (Wildman–Crippen LogP) is 3.32. The molecule has 3 rings (SSSR count). The van der Waals surface area contributed by atoms with Crippen molar-refractivity contribution >= 4 is 11.6 Å². The van der Waals surface area contributed by atoms with Gasteiger partial charge in [-0.05, 0) is 41.6 Å². The molecule has 0 aliphatic carbocycles. The van der Waals surface area contributed by atoms with E-state index in [-0.39, 0.29) is 12.4 Å². The molecular weight excluding hydrogens is 298 g/mol. The van der Waals surface area contributed by atoms with Crippen molar-refractivity contribution in [1.82, 2.24) is 20.2 Å². The monoisotopic (exact) mass is 306 g/mol. The third-order valence-corrected chi connectivity index (χ3v) is 3.27. The molecule has 0 N–H and O–H groups in total. The van der Waals surface area contributed by atoms with E-state index in [1.165, 1.54) is 29.1 Å². The van der Waals surface area contributed by atoms with E-state index in [0.717, 1.165) is 0 Å². The number of aromatic nitrogens is 4. The molecule has 0 atom stereocenters. The Hall–Kier alpha value is -2.34. The minimum absolute atomic E-state index is 0.0691. The Balaban J connectivity index is 1.87. The molecular formula is C14H9ClF2N4. The van der Waals surface area contributed by atoms with Crippen LogP contribution in [0, 0.1) is 11.6 Å². The van der Waals surface area contributed by atoms with E-state index in [0.29, 0.717) is 22.0 Å². The molecule has 0 fully saturated rings. The zero-order valence-electron chi connectivity index (χ0n) is 10.7. The fraction of sp³-hybridized carbons (Fsp3) is 0.0714. The van der Waals surface area contributed by atoms with Crippen LogP contribution in [0.15, 0.2) is 42.5 Å². The maximum atomic E-state index is 13.7. The fourth-order valence-corrected chi connectivity index (χ4v) is 2.07. The lowest BCUT2D eigenvalue weighted by atomic mass is 10.2. The topological polar surface area (TPSA) is 43.6 Å². The average Bonchev–Trinajstić information content (AvgIpc) is 2.92. The molecule has 1 aromatic heterocycles. The molecule has 2 aromatic carbocycles. The number of nitrogens with zero attached hydrogens (tertiary/aromatic N) is 4. The van der Waals surface area contributed by atoms with E-state index in [4.69, 9.17) is 11.6 Å². The van der Waals surface area contributed by atoms with Crippen LogP contribution in [-0.4, -0.2) is 20.2 Å². The average molecular weight is 307 g/mol. The van der Waals surface area contributed by atoms with E-state index in [1.807, 2.05) is 0 Å². The fourth-order valence-electron chi connectivity index (χ4n) is 1.85. The second-order valence-corrected chi connectivity index (χ2v) is 4.76. The molecule has 0 spiro atoms. The van der Waals surface area contributed by atoms with Crippen LogP contribution >= 0.6 is 11.6 Å². The van der Waals surface area contributed by atoms with Crippen LogP contribution in [0.2, 0.25) is 5.02 Å². The Morgan fingerprint density at radius 1 is 1.05 bits per heavy atom. The van der Waals surface area contributed by atoms with Gasteiger partial charge >= 0.3 is 0 Å². The summed E-state index contributed by atoms with van der Waals surface area (Å²) in [6.45, 7) is 0.0691. The van der Waals surface area contributed by atoms with Crippen molar-refractivity contribution in [3.05, 3.63) is 64.7 Å². The molecule has 1 heterocycles. The highest BCUT2D eigenvalue weighted by molar-refractivity contribution is 6.31. The zero-order valence-corrected chi connectivity index (χ0v) is 11.4. The molecule has 0 radical (unpaired) electrons. The Labute approximate surface area is 124 Å². The van der Waals surface area contributed by atoms with E-state index < -0.39 is 5.82 Å². The van der Waals surface area contributed by atoms with Gasteiger partial charge in [0.15, 0.2) is 0 Å². The maximum Gasteiger partial charge on any atom is 0.204 e. The molecule has 0 bridgehead atoms. The van der Waals surface area contributed by atoms with E-state index in [2.05, 4.69) is 15.4 Å². The van der Waals surface area contributed by atoms with E-state index in [1.54, 1.807) is 18.2 Å². The van der Waals surface area contributed by atoms with Gasteiger partial charge in [-0.2, -0.15) is 4.80 Å². The minimum Gasteiger partial charge on any atom is -0.207 e. The highest BCUT2D eigenvalue weighted by Gasteiger charge is 2.11. The zero-order chi connectivity index (χ0) is 14.8. The highest BCUT2D eigenvalue weighted by atomic mass is 35.5. The molecule has 0 saturated carbocycles. The molecule has 7 heteroatoms. The van der Waals surface area contributed by atoms with Crippen LogP contribution in [0.4, 0.5) is 8.78 Å². The van der Waals surface area contributed by atoms with Gasteiger partial charge in [-0.25, -0.2) is 8.78 Å². The van der Waals surface area contributed by atoms with Crippen LogP contribution in [0.25, 0.3) is 11.4 Å². The Morgan fingerprint density at radius 3 is 2.52 bits per heavy atom. The third-order valence-electron chi connectivity index (χ3n) is 2.92. The molecule has 0 saturated heterocycles. The number of hydrogen-bond acceptors (Lipinski definition) is 3. The van der Waals surface area contributed by atoms with Gasteiger partial charge in [0.2, 0.25) is 5.82 Å². The van der Waals surface area contributed by atoms with Crippen molar-refractivity contribution in [2.45, 2.75) is 6.54 Å². The lowest BCUT2D eigenvalue weighted by molar-refractivity contribution is 0.539. The van der Waals surface area contributed by atoms with Gasteiger partial charge in [-0.15, -0.1) is 10.2 Å². The summed E-state index contributed by atoms with van der Waals surface area (Å²) in [6, 6.07) is 10.2. The van der Waals surface area contributed by atoms with Gasteiger partial charge in [-0.3, -0.25) is 0 Å². The van der Waals surface area contributed by atoms with Crippen LogP contribution in [0.3, 0.4) is 0 Å². The van der Waals surface area contributed by atoms with Crippen molar-refractivity contribution in [3.63, 3.8) is 0 Å². The summed E-state index contributed by atoms with van der Waals surface area (Å²) < 4.78 is 26.6. The number of hydrogen-bond donors (Lipinski definition) is 0. The smallest absolute Gasteiger partial charge is 0.204 e. The first-order valence-electron chi connectivity index (χ1n) is 6.10. The van der Waals surface area contributed by atoms with Crippen LogP contribution in [-0.2, 0) is 6.54 Å². The van der Waals surface area contributed by atoms with Crippen molar-refractivity contribution in [1.29, 1.82) is 0 Å². The second kappa shape index (κ2) is 5.57. The van der Waals surface area contributed by atoms with Crippen LogP contribution in [0.5, 0.6) is 0 Å². The molecule has 0 unspecified atom stereocenters. The third kappa shape index (κ3) is 2.90. The van der Waals surface area contributed by atoms with Crippen molar-refractivity contribution in [2.24, 2.45) is 0 Å². The van der Waals surface area contributed by atoms with Gasteiger partial charge < -0.3 is 0 Å². The number of tetrazole rings is 1. The first-order valence-corrected chi connectivity index (χ1v) is 6.48. The van der Waals surface area contributed by atoms with Crippen molar-refractivity contribution in [3.8, 4) is 11.4 Å². The molecule has 0 aliphatic heterocycles. The van der Waals surface area contributed by atoms with Gasteiger partial charge in [-0.1, -0.05) is 17.7 Å². The number of halogens is 3. The van der Waals surface area contributed by atoms with E-state index >= 15 is 0 Å². The summed E-state index contributed by atoms with van der Waals surface area (Å²) in [7, 11) is 0. The maximum absolute atomic E-state index is 13.7. The SMILES string of the molecule is Fc1ccc(-c2nnn(Cc3c(F)cccc3Cl)n2)cc1. The lowest BCUT2D eigenvalue weighted by Gasteiger charge is -2.03. The molecule has 3 aromatic rings. The molecule has 21 heavy (non-hydrogen) atoms. The summed E-state index contributed by atoms with van der Waals surface area (Å²) >= 11 is 5.95. The van der Waals surface area contributed by atoms with Crippen molar-refractivity contribution < 1.29 is 8.78 Å². The first kappa shape index (κ1) is 13.6. The molecule has 0 aliphatic rings. The Bertz CT molecular complexity index is 751. The van der Waals surface area contributed by atoms with Crippen LogP contribution < -0.4 is 0 Å². The summed E-state index contributed by atoms with van der Waals surface area (Å²) in [4.78, 5) is 1.24. The molecule has 0 amide bonds. The predicted molar refractivity (Wildman–Crippen MR) is 73.7 cm³/mol. The van der Waals surface area contributed by atoms with Gasteiger partial charge in [0.1, 0.15) is 11.6 Å².